The van der Waals surface area contributed by atoms with Crippen molar-refractivity contribution in [2.24, 2.45) is 0 Å². The topological polar surface area (TPSA) is 72.5 Å². The predicted molar refractivity (Wildman–Crippen MR) is 97.2 cm³/mol. The molecule has 2 atom stereocenters. The third-order valence-corrected chi connectivity index (χ3v) is 5.05. The van der Waals surface area contributed by atoms with Crippen LogP contribution in [0.1, 0.15) is 31.9 Å². The van der Waals surface area contributed by atoms with Crippen molar-refractivity contribution in [1.82, 2.24) is 5.32 Å². The number of rotatable bonds is 7. The number of halogens is 1. The molecule has 0 aliphatic heterocycles. The van der Waals surface area contributed by atoms with Gasteiger partial charge in [0.2, 0.25) is 0 Å². The molecule has 26 heavy (non-hydrogen) atoms. The molecular weight excluding hydrogens is 357 g/mol. The van der Waals surface area contributed by atoms with E-state index in [-0.39, 0.29) is 22.7 Å². The van der Waals surface area contributed by atoms with Crippen LogP contribution >= 0.6 is 0 Å². The van der Waals surface area contributed by atoms with Crippen LogP contribution in [-0.4, -0.2) is 26.7 Å². The Morgan fingerprint density at radius 1 is 1.12 bits per heavy atom. The zero-order chi connectivity index (χ0) is 19.3. The average molecular weight is 379 g/mol. The summed E-state index contributed by atoms with van der Waals surface area (Å²) < 4.78 is 41.6. The van der Waals surface area contributed by atoms with Gasteiger partial charge in [-0.2, -0.15) is 0 Å². The third-order valence-electron chi connectivity index (χ3n) is 3.92. The summed E-state index contributed by atoms with van der Waals surface area (Å²) >= 11 is 0. The van der Waals surface area contributed by atoms with Gasteiger partial charge in [-0.05, 0) is 55.3 Å². The zero-order valence-electron chi connectivity index (χ0n) is 14.9. The fourth-order valence-corrected chi connectivity index (χ4v) is 3.02. The summed E-state index contributed by atoms with van der Waals surface area (Å²) in [6.45, 7) is 3.62. The van der Waals surface area contributed by atoms with E-state index in [1.54, 1.807) is 19.1 Å². The van der Waals surface area contributed by atoms with Gasteiger partial charge in [0.05, 0.1) is 10.9 Å². The maximum absolute atomic E-state index is 13.0. The van der Waals surface area contributed by atoms with Crippen LogP contribution in [-0.2, 0) is 14.6 Å². The van der Waals surface area contributed by atoms with Crippen molar-refractivity contribution < 1.29 is 22.3 Å². The lowest BCUT2D eigenvalue weighted by Gasteiger charge is -2.21. The van der Waals surface area contributed by atoms with E-state index >= 15 is 0 Å². The molecule has 140 valence electrons. The van der Waals surface area contributed by atoms with Crippen LogP contribution in [0, 0.1) is 5.82 Å². The number of sulfone groups is 1. The molecule has 7 heteroatoms. The van der Waals surface area contributed by atoms with Crippen LogP contribution in [0.15, 0.2) is 53.4 Å². The summed E-state index contributed by atoms with van der Waals surface area (Å²) in [7, 11) is -3.26. The second-order valence-corrected chi connectivity index (χ2v) is 8.06. The number of carbonyl (C=O) groups is 1. The van der Waals surface area contributed by atoms with Gasteiger partial charge in [-0.15, -0.1) is 0 Å². The molecule has 2 rings (SSSR count). The van der Waals surface area contributed by atoms with Crippen LogP contribution in [0.2, 0.25) is 0 Å². The van der Waals surface area contributed by atoms with Gasteiger partial charge < -0.3 is 10.1 Å². The maximum Gasteiger partial charge on any atom is 0.261 e. The lowest BCUT2D eigenvalue weighted by molar-refractivity contribution is -0.128. The van der Waals surface area contributed by atoms with Gasteiger partial charge in [-0.1, -0.05) is 19.1 Å². The second-order valence-electron chi connectivity index (χ2n) is 6.04. The Balaban J connectivity index is 2.03. The van der Waals surface area contributed by atoms with Crippen molar-refractivity contribution in [1.29, 1.82) is 0 Å². The van der Waals surface area contributed by atoms with Crippen LogP contribution in [0.25, 0.3) is 0 Å². The quantitative estimate of drug-likeness (QED) is 0.801. The molecule has 0 aromatic heterocycles. The van der Waals surface area contributed by atoms with Gasteiger partial charge >= 0.3 is 0 Å². The van der Waals surface area contributed by atoms with Gasteiger partial charge in [0.25, 0.3) is 5.91 Å². The molecule has 5 nitrogen and oxygen atoms in total. The van der Waals surface area contributed by atoms with Gasteiger partial charge in [-0.3, -0.25) is 4.79 Å². The molecule has 0 radical (unpaired) electrons. The first-order valence-corrected chi connectivity index (χ1v) is 10.1. The van der Waals surface area contributed by atoms with Crippen LogP contribution < -0.4 is 10.1 Å². The first-order chi connectivity index (χ1) is 12.2. The molecule has 0 saturated heterocycles. The van der Waals surface area contributed by atoms with E-state index in [1.807, 2.05) is 6.92 Å². The molecule has 0 fully saturated rings. The molecule has 0 heterocycles. The van der Waals surface area contributed by atoms with Gasteiger partial charge in [0.15, 0.2) is 15.9 Å². The number of benzene rings is 2. The molecule has 2 aromatic carbocycles. The van der Waals surface area contributed by atoms with E-state index in [9.17, 15) is 17.6 Å². The normalized spacial score (nSPS) is 13.7. The molecule has 0 bridgehead atoms. The molecular formula is C19H22FNO4S. The van der Waals surface area contributed by atoms with E-state index in [0.717, 1.165) is 11.8 Å². The van der Waals surface area contributed by atoms with Crippen LogP contribution in [0.4, 0.5) is 4.39 Å². The lowest BCUT2D eigenvalue weighted by Crippen LogP contribution is -2.39. The molecule has 0 aliphatic rings. The highest BCUT2D eigenvalue weighted by atomic mass is 32.2. The minimum atomic E-state index is -3.26. The van der Waals surface area contributed by atoms with Gasteiger partial charge in [-0.25, -0.2) is 12.8 Å². The highest BCUT2D eigenvalue weighted by Gasteiger charge is 2.21. The van der Waals surface area contributed by atoms with Crippen LogP contribution in [0.3, 0.4) is 0 Å². The number of hydrogen-bond acceptors (Lipinski definition) is 4. The summed E-state index contributed by atoms with van der Waals surface area (Å²) in [6.07, 6.45) is 0.882. The summed E-state index contributed by atoms with van der Waals surface area (Å²) in [5.41, 5.74) is 0.780. The molecule has 0 aliphatic carbocycles. The molecule has 0 saturated carbocycles. The van der Waals surface area contributed by atoms with E-state index in [2.05, 4.69) is 5.32 Å². The number of hydrogen-bond donors (Lipinski definition) is 1. The minimum absolute atomic E-state index is 0.228. The second kappa shape index (κ2) is 8.31. The first kappa shape index (κ1) is 19.9. The van der Waals surface area contributed by atoms with Gasteiger partial charge in [0.1, 0.15) is 11.6 Å². The summed E-state index contributed by atoms with van der Waals surface area (Å²) in [4.78, 5) is 12.7. The van der Waals surface area contributed by atoms with Gasteiger partial charge in [0, 0.05) is 6.26 Å². The van der Waals surface area contributed by atoms with E-state index in [4.69, 9.17) is 4.74 Å². The fourth-order valence-electron chi connectivity index (χ4n) is 2.39. The summed E-state index contributed by atoms with van der Waals surface area (Å²) in [6, 6.07) is 11.5. The standard InChI is InChI=1S/C19H22FNO4S/c1-4-18(25-16-9-7-15(20)8-10-16)19(22)21-13(2)14-5-11-17(12-6-14)26(3,23)24/h5-13,18H,4H2,1-3H3,(H,21,22)/t13-,18+/m0/s1. The Labute approximate surface area is 153 Å². The Morgan fingerprint density at radius 2 is 1.69 bits per heavy atom. The summed E-state index contributed by atoms with van der Waals surface area (Å²) in [5, 5.41) is 2.85. The molecule has 1 N–H and O–H groups in total. The average Bonchev–Trinajstić information content (AvgIpc) is 2.60. The minimum Gasteiger partial charge on any atom is -0.481 e. The Morgan fingerprint density at radius 3 is 2.19 bits per heavy atom. The SMILES string of the molecule is CC[C@@H](Oc1ccc(F)cc1)C(=O)N[C@@H](C)c1ccc(S(C)(=O)=O)cc1. The first-order valence-electron chi connectivity index (χ1n) is 8.23. The number of nitrogens with one attached hydrogen (secondary N) is 1. The van der Waals surface area contributed by atoms with Crippen LogP contribution in [0.5, 0.6) is 5.75 Å². The Bertz CT molecular complexity index is 848. The van der Waals surface area contributed by atoms with Crippen molar-refractivity contribution in [3.8, 4) is 5.75 Å². The van der Waals surface area contributed by atoms with Crippen molar-refractivity contribution in [2.75, 3.05) is 6.26 Å². The zero-order valence-corrected chi connectivity index (χ0v) is 15.7. The predicted octanol–water partition coefficient (Wildman–Crippen LogP) is 3.26. The molecule has 0 spiro atoms. The van der Waals surface area contributed by atoms with Crippen molar-refractivity contribution >= 4 is 15.7 Å². The highest BCUT2D eigenvalue weighted by molar-refractivity contribution is 7.90. The fraction of sp³-hybridized carbons (Fsp3) is 0.316. The Hall–Kier alpha value is -2.41. The number of carbonyl (C=O) groups excluding carboxylic acids is 1. The monoisotopic (exact) mass is 379 g/mol. The third kappa shape index (κ3) is 5.29. The van der Waals surface area contributed by atoms with Crippen molar-refractivity contribution in [3.63, 3.8) is 0 Å². The smallest absolute Gasteiger partial charge is 0.261 e. The van der Waals surface area contributed by atoms with E-state index in [0.29, 0.717) is 12.2 Å². The lowest BCUT2D eigenvalue weighted by atomic mass is 10.1. The molecule has 2 aromatic rings. The number of amides is 1. The largest absolute Gasteiger partial charge is 0.481 e. The molecule has 0 unspecified atom stereocenters. The highest BCUT2D eigenvalue weighted by Crippen LogP contribution is 2.18. The van der Waals surface area contributed by atoms with E-state index < -0.39 is 15.9 Å². The van der Waals surface area contributed by atoms with Crippen molar-refractivity contribution in [2.45, 2.75) is 37.3 Å². The molecule has 1 amide bonds. The van der Waals surface area contributed by atoms with E-state index in [1.165, 1.54) is 36.4 Å². The van der Waals surface area contributed by atoms with Crippen molar-refractivity contribution in [3.05, 3.63) is 59.9 Å². The maximum atomic E-state index is 13.0. The summed E-state index contributed by atoms with van der Waals surface area (Å²) in [5.74, 6) is -0.254. The Kier molecular flexibility index (Phi) is 6.37. The number of ether oxygens (including phenoxy) is 1.